The molecule has 0 amide bonds. The molecule has 0 heterocycles. The second-order valence-corrected chi connectivity index (χ2v) is 9.31. The normalized spacial score (nSPS) is 11.1. The molecule has 3 heteroatoms. The van der Waals surface area contributed by atoms with Crippen molar-refractivity contribution in [3.05, 3.63) is 144 Å². The minimum Gasteiger partial charge on any atom is -0.507 e. The second-order valence-electron chi connectivity index (χ2n) is 9.31. The fourth-order valence-electron chi connectivity index (χ4n) is 4.98. The number of hydrogen-bond donors (Lipinski definition) is 2. The predicted octanol–water partition coefficient (Wildman–Crippen LogP) is 8.38. The molecule has 0 aliphatic heterocycles. The summed E-state index contributed by atoms with van der Waals surface area (Å²) in [5.41, 5.74) is 4.60. The summed E-state index contributed by atoms with van der Waals surface area (Å²) in [6, 6.07) is 39.7. The van der Waals surface area contributed by atoms with Crippen LogP contribution in [-0.4, -0.2) is 10.2 Å². The highest BCUT2D eigenvalue weighted by Crippen LogP contribution is 2.41. The molecule has 2 N–H and O–H groups in total. The maximum atomic E-state index is 11.1. The smallest absolute Gasteiger partial charge is 0.169 e. The van der Waals surface area contributed by atoms with Crippen LogP contribution < -0.4 is 4.74 Å². The number of phenolic OH excluding ortho intramolecular Hbond substituents is 2. The fraction of sp³-hybridized carbons (Fsp3) is 0.0588. The Kier molecular flexibility index (Phi) is 5.95. The number of hydrogen-bond acceptors (Lipinski definition) is 3. The molecule has 0 saturated carbocycles. The van der Waals surface area contributed by atoms with Gasteiger partial charge in [0, 0.05) is 10.8 Å². The van der Waals surface area contributed by atoms with E-state index >= 15 is 0 Å². The van der Waals surface area contributed by atoms with E-state index in [-0.39, 0.29) is 11.5 Å². The number of benzene rings is 6. The maximum Gasteiger partial charge on any atom is 0.169 e. The van der Waals surface area contributed by atoms with Crippen LogP contribution in [-0.2, 0) is 12.8 Å². The van der Waals surface area contributed by atoms with Gasteiger partial charge in [-0.15, -0.1) is 0 Å². The molecule has 0 fully saturated rings. The highest BCUT2D eigenvalue weighted by Gasteiger charge is 2.15. The van der Waals surface area contributed by atoms with Crippen LogP contribution >= 0.6 is 0 Å². The topological polar surface area (TPSA) is 49.7 Å². The van der Waals surface area contributed by atoms with Crippen molar-refractivity contribution in [3.8, 4) is 23.0 Å². The number of fused-ring (bicyclic) bond motifs is 2. The monoisotopic (exact) mass is 482 g/mol. The average molecular weight is 483 g/mol. The lowest BCUT2D eigenvalue weighted by Crippen LogP contribution is -1.94. The van der Waals surface area contributed by atoms with Gasteiger partial charge in [0.25, 0.3) is 0 Å². The molecule has 0 spiro atoms. The molecule has 0 aliphatic carbocycles. The van der Waals surface area contributed by atoms with Gasteiger partial charge in [-0.3, -0.25) is 0 Å². The molecule has 0 aromatic heterocycles. The SMILES string of the molecule is Oc1ccc(Cc2ccccc2)c2ccc(Oc3cc(Cc4ccccc4)c4ccccc4c3O)cc12. The summed E-state index contributed by atoms with van der Waals surface area (Å²) in [6.45, 7) is 0. The standard InChI is InChI=1S/C34H26O3/c35-32-18-15-25(19-23-9-3-1-4-10-23)29-17-16-27(22-31(29)32)37-33-21-26(20-24-11-5-2-6-12-24)28-13-7-8-14-30(28)34(33)36/h1-18,21-22,35-36H,19-20H2. The summed E-state index contributed by atoms with van der Waals surface area (Å²) >= 11 is 0. The molecule has 180 valence electrons. The summed E-state index contributed by atoms with van der Waals surface area (Å²) in [5.74, 6) is 1.25. The molecule has 0 atom stereocenters. The third kappa shape index (κ3) is 4.60. The molecule has 0 aliphatic rings. The van der Waals surface area contributed by atoms with Crippen LogP contribution in [0.4, 0.5) is 0 Å². The molecule has 0 bridgehead atoms. The summed E-state index contributed by atoms with van der Waals surface area (Å²) in [5, 5.41) is 25.2. The molecule has 3 nitrogen and oxygen atoms in total. The molecule has 6 aromatic rings. The van der Waals surface area contributed by atoms with Crippen molar-refractivity contribution in [1.29, 1.82) is 0 Å². The highest BCUT2D eigenvalue weighted by atomic mass is 16.5. The highest BCUT2D eigenvalue weighted by molar-refractivity contribution is 5.94. The van der Waals surface area contributed by atoms with Crippen molar-refractivity contribution in [3.63, 3.8) is 0 Å². The lowest BCUT2D eigenvalue weighted by Gasteiger charge is -2.15. The Morgan fingerprint density at radius 3 is 1.78 bits per heavy atom. The largest absolute Gasteiger partial charge is 0.507 e. The maximum absolute atomic E-state index is 11.1. The Balaban J connectivity index is 1.39. The Hall–Kier alpha value is -4.76. The first-order valence-corrected chi connectivity index (χ1v) is 12.4. The lowest BCUT2D eigenvalue weighted by molar-refractivity contribution is 0.415. The molecule has 37 heavy (non-hydrogen) atoms. The van der Waals surface area contributed by atoms with Crippen molar-refractivity contribution >= 4 is 21.5 Å². The van der Waals surface area contributed by atoms with Crippen LogP contribution in [0.25, 0.3) is 21.5 Å². The number of ether oxygens (including phenoxy) is 1. The third-order valence-corrected chi connectivity index (χ3v) is 6.82. The predicted molar refractivity (Wildman–Crippen MR) is 150 cm³/mol. The van der Waals surface area contributed by atoms with Gasteiger partial charge in [0.15, 0.2) is 11.5 Å². The van der Waals surface area contributed by atoms with Gasteiger partial charge in [0.1, 0.15) is 11.5 Å². The van der Waals surface area contributed by atoms with Crippen molar-refractivity contribution in [2.45, 2.75) is 12.8 Å². The van der Waals surface area contributed by atoms with E-state index in [1.807, 2.05) is 91.0 Å². The Labute approximate surface area is 215 Å². The summed E-state index contributed by atoms with van der Waals surface area (Å²) in [7, 11) is 0. The van der Waals surface area contributed by atoms with E-state index in [0.29, 0.717) is 11.5 Å². The average Bonchev–Trinajstić information content (AvgIpc) is 2.94. The minimum atomic E-state index is 0.106. The first-order valence-electron chi connectivity index (χ1n) is 12.4. The van der Waals surface area contributed by atoms with E-state index in [1.165, 1.54) is 11.1 Å². The molecule has 0 radical (unpaired) electrons. The van der Waals surface area contributed by atoms with Gasteiger partial charge in [0.2, 0.25) is 0 Å². The van der Waals surface area contributed by atoms with Gasteiger partial charge in [0.05, 0.1) is 0 Å². The van der Waals surface area contributed by atoms with Crippen LogP contribution in [0.3, 0.4) is 0 Å². The van der Waals surface area contributed by atoms with Crippen LogP contribution in [0, 0.1) is 0 Å². The molecule has 6 aromatic carbocycles. The lowest BCUT2D eigenvalue weighted by atomic mass is 9.97. The Morgan fingerprint density at radius 2 is 1.08 bits per heavy atom. The zero-order chi connectivity index (χ0) is 25.2. The Morgan fingerprint density at radius 1 is 0.486 bits per heavy atom. The van der Waals surface area contributed by atoms with Crippen LogP contribution in [0.1, 0.15) is 22.3 Å². The fourth-order valence-corrected chi connectivity index (χ4v) is 4.98. The van der Waals surface area contributed by atoms with E-state index in [9.17, 15) is 10.2 Å². The number of aromatic hydroxyl groups is 2. The second kappa shape index (κ2) is 9.71. The van der Waals surface area contributed by atoms with Gasteiger partial charge in [-0.1, -0.05) is 97.1 Å². The van der Waals surface area contributed by atoms with Gasteiger partial charge in [-0.2, -0.15) is 0 Å². The van der Waals surface area contributed by atoms with Crippen LogP contribution in [0.15, 0.2) is 121 Å². The molecule has 0 saturated heterocycles. The molecular formula is C34H26O3. The molecule has 6 rings (SSSR count). The third-order valence-electron chi connectivity index (χ3n) is 6.82. The summed E-state index contributed by atoms with van der Waals surface area (Å²) in [4.78, 5) is 0. The van der Waals surface area contributed by atoms with E-state index in [4.69, 9.17) is 4.74 Å². The number of rotatable bonds is 6. The van der Waals surface area contributed by atoms with Crippen LogP contribution in [0.5, 0.6) is 23.0 Å². The van der Waals surface area contributed by atoms with Gasteiger partial charge < -0.3 is 14.9 Å². The van der Waals surface area contributed by atoms with Crippen molar-refractivity contribution in [2.75, 3.05) is 0 Å². The minimum absolute atomic E-state index is 0.106. The van der Waals surface area contributed by atoms with Crippen molar-refractivity contribution in [2.24, 2.45) is 0 Å². The van der Waals surface area contributed by atoms with Crippen molar-refractivity contribution < 1.29 is 14.9 Å². The summed E-state index contributed by atoms with van der Waals surface area (Å²) < 4.78 is 6.26. The van der Waals surface area contributed by atoms with E-state index < -0.39 is 0 Å². The number of phenols is 2. The van der Waals surface area contributed by atoms with Gasteiger partial charge in [-0.05, 0) is 70.1 Å². The summed E-state index contributed by atoms with van der Waals surface area (Å²) in [6.07, 6.45) is 1.49. The van der Waals surface area contributed by atoms with Crippen molar-refractivity contribution in [1.82, 2.24) is 0 Å². The Bertz CT molecular complexity index is 1710. The zero-order valence-electron chi connectivity index (χ0n) is 20.3. The quantitative estimate of drug-likeness (QED) is 0.251. The molecule has 0 unspecified atom stereocenters. The first-order chi connectivity index (χ1) is 18.2. The van der Waals surface area contributed by atoms with Gasteiger partial charge >= 0.3 is 0 Å². The van der Waals surface area contributed by atoms with E-state index in [1.54, 1.807) is 6.07 Å². The first kappa shape index (κ1) is 22.7. The van der Waals surface area contributed by atoms with Crippen LogP contribution in [0.2, 0.25) is 0 Å². The molecular weight excluding hydrogens is 456 g/mol. The zero-order valence-corrected chi connectivity index (χ0v) is 20.3. The van der Waals surface area contributed by atoms with Gasteiger partial charge in [-0.25, -0.2) is 0 Å². The van der Waals surface area contributed by atoms with E-state index in [0.717, 1.165) is 45.5 Å². The van der Waals surface area contributed by atoms with E-state index in [2.05, 4.69) is 24.3 Å².